The summed E-state index contributed by atoms with van der Waals surface area (Å²) in [6, 6.07) is 10.3. The van der Waals surface area contributed by atoms with Crippen LogP contribution in [0.5, 0.6) is 0 Å². The summed E-state index contributed by atoms with van der Waals surface area (Å²) in [5.74, 6) is 0.488. The smallest absolute Gasteiger partial charge is 0.243 e. The normalized spacial score (nSPS) is 25.0. The van der Waals surface area contributed by atoms with Crippen molar-refractivity contribution in [3.05, 3.63) is 59.4 Å². The molecule has 0 amide bonds. The summed E-state index contributed by atoms with van der Waals surface area (Å²) in [6.07, 6.45) is 8.59. The molecule has 0 spiro atoms. The number of hydrogen-bond donors (Lipinski definition) is 0. The summed E-state index contributed by atoms with van der Waals surface area (Å²) in [4.78, 5) is 4.53. The summed E-state index contributed by atoms with van der Waals surface area (Å²) in [7, 11) is -3.58. The molecule has 4 rings (SSSR count). The van der Waals surface area contributed by atoms with Crippen LogP contribution in [0.3, 0.4) is 0 Å². The van der Waals surface area contributed by atoms with E-state index in [9.17, 15) is 8.42 Å². The third kappa shape index (κ3) is 3.33. The Bertz CT molecular complexity index is 835. The first-order valence-electron chi connectivity index (χ1n) is 8.76. The van der Waals surface area contributed by atoms with Crippen LogP contribution in [0.2, 0.25) is 5.02 Å². The number of halogens is 1. The van der Waals surface area contributed by atoms with Crippen molar-refractivity contribution in [3.8, 4) is 0 Å². The Morgan fingerprint density at radius 3 is 2.44 bits per heavy atom. The fraction of sp³-hybridized carbons (Fsp3) is 0.421. The van der Waals surface area contributed by atoms with Crippen molar-refractivity contribution in [1.29, 1.82) is 0 Å². The van der Waals surface area contributed by atoms with Crippen molar-refractivity contribution >= 4 is 21.6 Å². The molecule has 2 aromatic rings. The zero-order chi connectivity index (χ0) is 17.4. The third-order valence-electron chi connectivity index (χ3n) is 5.24. The number of hydrogen-bond acceptors (Lipinski definition) is 3. The molecule has 0 bridgehead atoms. The van der Waals surface area contributed by atoms with Gasteiger partial charge in [-0.1, -0.05) is 17.7 Å². The van der Waals surface area contributed by atoms with Crippen LogP contribution in [0.1, 0.15) is 43.7 Å². The van der Waals surface area contributed by atoms with Gasteiger partial charge in [-0.3, -0.25) is 4.98 Å². The molecule has 132 valence electrons. The number of rotatable bonds is 4. The molecule has 1 saturated heterocycles. The predicted molar refractivity (Wildman–Crippen MR) is 97.8 cm³/mol. The maximum absolute atomic E-state index is 13.5. The first-order valence-corrected chi connectivity index (χ1v) is 10.6. The summed E-state index contributed by atoms with van der Waals surface area (Å²) in [6.45, 7) is 0. The highest BCUT2D eigenvalue weighted by Gasteiger charge is 2.46. The van der Waals surface area contributed by atoms with Crippen molar-refractivity contribution < 1.29 is 8.42 Å². The molecule has 2 aliphatic rings. The SMILES string of the molecule is O=S(=O)(c1ccc(Cl)cc1)N1C(c2cccnc2)CCCC1C1CC1. The zero-order valence-electron chi connectivity index (χ0n) is 13.9. The Kier molecular flexibility index (Phi) is 4.56. The van der Waals surface area contributed by atoms with E-state index in [0.717, 1.165) is 37.7 Å². The number of aromatic nitrogens is 1. The van der Waals surface area contributed by atoms with E-state index in [2.05, 4.69) is 4.98 Å². The number of piperidine rings is 1. The van der Waals surface area contributed by atoms with Crippen molar-refractivity contribution in [2.45, 2.75) is 49.1 Å². The van der Waals surface area contributed by atoms with Crippen molar-refractivity contribution in [1.82, 2.24) is 9.29 Å². The van der Waals surface area contributed by atoms with Gasteiger partial charge in [0, 0.05) is 23.5 Å². The van der Waals surface area contributed by atoms with Crippen LogP contribution < -0.4 is 0 Å². The van der Waals surface area contributed by atoms with Gasteiger partial charge in [0.15, 0.2) is 0 Å². The van der Waals surface area contributed by atoms with Gasteiger partial charge in [0.05, 0.1) is 10.9 Å². The van der Waals surface area contributed by atoms with E-state index in [4.69, 9.17) is 11.6 Å². The van der Waals surface area contributed by atoms with Crippen LogP contribution in [0, 0.1) is 5.92 Å². The molecule has 25 heavy (non-hydrogen) atoms. The zero-order valence-corrected chi connectivity index (χ0v) is 15.5. The average molecular weight is 377 g/mol. The van der Waals surface area contributed by atoms with E-state index >= 15 is 0 Å². The van der Waals surface area contributed by atoms with Gasteiger partial charge in [-0.25, -0.2) is 8.42 Å². The molecule has 2 unspecified atom stereocenters. The van der Waals surface area contributed by atoms with E-state index in [1.165, 1.54) is 0 Å². The second-order valence-corrected chi connectivity index (χ2v) is 9.21. The lowest BCUT2D eigenvalue weighted by Crippen LogP contribution is -2.46. The summed E-state index contributed by atoms with van der Waals surface area (Å²) in [5, 5.41) is 0.542. The minimum atomic E-state index is -3.58. The van der Waals surface area contributed by atoms with E-state index in [-0.39, 0.29) is 12.1 Å². The highest BCUT2D eigenvalue weighted by molar-refractivity contribution is 7.89. The lowest BCUT2D eigenvalue weighted by atomic mass is 9.92. The molecule has 2 fully saturated rings. The summed E-state index contributed by atoms with van der Waals surface area (Å²) in [5.41, 5.74) is 0.977. The van der Waals surface area contributed by atoms with E-state index in [1.54, 1.807) is 41.0 Å². The quantitative estimate of drug-likeness (QED) is 0.793. The number of benzene rings is 1. The molecule has 1 saturated carbocycles. The highest BCUT2D eigenvalue weighted by Crippen LogP contribution is 2.47. The molecule has 1 aromatic heterocycles. The molecular weight excluding hydrogens is 356 g/mol. The largest absolute Gasteiger partial charge is 0.264 e. The highest BCUT2D eigenvalue weighted by atomic mass is 35.5. The minimum absolute atomic E-state index is 0.0830. The molecular formula is C19H21ClN2O2S. The molecule has 1 aliphatic heterocycles. The molecule has 1 aromatic carbocycles. The Balaban J connectivity index is 1.78. The fourth-order valence-electron chi connectivity index (χ4n) is 3.89. The van der Waals surface area contributed by atoms with E-state index in [1.807, 2.05) is 12.1 Å². The van der Waals surface area contributed by atoms with Crippen LogP contribution in [0.25, 0.3) is 0 Å². The van der Waals surface area contributed by atoms with Gasteiger partial charge in [-0.15, -0.1) is 0 Å². The maximum Gasteiger partial charge on any atom is 0.243 e. The van der Waals surface area contributed by atoms with Crippen LogP contribution in [0.15, 0.2) is 53.7 Å². The first-order chi connectivity index (χ1) is 12.1. The van der Waals surface area contributed by atoms with Crippen LogP contribution in [0.4, 0.5) is 0 Å². The predicted octanol–water partition coefficient (Wildman–Crippen LogP) is 4.43. The Morgan fingerprint density at radius 2 is 1.80 bits per heavy atom. The van der Waals surface area contributed by atoms with Gasteiger partial charge in [-0.2, -0.15) is 4.31 Å². The summed E-state index contributed by atoms with van der Waals surface area (Å²) < 4.78 is 28.7. The van der Waals surface area contributed by atoms with Gasteiger partial charge >= 0.3 is 0 Å². The third-order valence-corrected chi connectivity index (χ3v) is 7.44. The van der Waals surface area contributed by atoms with Gasteiger partial charge in [0.25, 0.3) is 0 Å². The van der Waals surface area contributed by atoms with Gasteiger partial charge in [0.2, 0.25) is 10.0 Å². The Hall–Kier alpha value is -1.43. The average Bonchev–Trinajstić information content (AvgIpc) is 3.47. The summed E-state index contributed by atoms with van der Waals surface area (Å²) >= 11 is 5.94. The number of nitrogens with zero attached hydrogens (tertiary/aromatic N) is 2. The van der Waals surface area contributed by atoms with Crippen molar-refractivity contribution in [2.75, 3.05) is 0 Å². The second kappa shape index (κ2) is 6.71. The molecule has 1 aliphatic carbocycles. The van der Waals surface area contributed by atoms with Crippen LogP contribution in [-0.2, 0) is 10.0 Å². The van der Waals surface area contributed by atoms with Gasteiger partial charge < -0.3 is 0 Å². The Labute approximate surface area is 153 Å². The molecule has 4 nitrogen and oxygen atoms in total. The molecule has 6 heteroatoms. The first kappa shape index (κ1) is 17.0. The number of sulfonamides is 1. The monoisotopic (exact) mass is 376 g/mol. The topological polar surface area (TPSA) is 50.3 Å². The van der Waals surface area contributed by atoms with Crippen LogP contribution >= 0.6 is 11.6 Å². The van der Waals surface area contributed by atoms with Crippen molar-refractivity contribution in [2.24, 2.45) is 5.92 Å². The van der Waals surface area contributed by atoms with Crippen LogP contribution in [-0.4, -0.2) is 23.7 Å². The molecule has 0 radical (unpaired) electrons. The van der Waals surface area contributed by atoms with Gasteiger partial charge in [-0.05, 0) is 73.9 Å². The van der Waals surface area contributed by atoms with E-state index < -0.39 is 10.0 Å². The lowest BCUT2D eigenvalue weighted by Gasteiger charge is -2.41. The number of pyridine rings is 1. The molecule has 0 N–H and O–H groups in total. The Morgan fingerprint density at radius 1 is 1.04 bits per heavy atom. The standard InChI is InChI=1S/C19H21ClN2O2S/c20-16-8-10-17(11-9-16)25(23,24)22-18(14-6-7-14)4-1-5-19(22)15-3-2-12-21-13-15/h2-3,8-14,18-19H,1,4-7H2. The fourth-order valence-corrected chi connectivity index (χ4v) is 5.94. The molecule has 2 heterocycles. The van der Waals surface area contributed by atoms with E-state index in [0.29, 0.717) is 15.8 Å². The van der Waals surface area contributed by atoms with Gasteiger partial charge in [0.1, 0.15) is 0 Å². The van der Waals surface area contributed by atoms with Crippen molar-refractivity contribution in [3.63, 3.8) is 0 Å². The lowest BCUT2D eigenvalue weighted by molar-refractivity contribution is 0.162. The molecule has 2 atom stereocenters. The maximum atomic E-state index is 13.5. The minimum Gasteiger partial charge on any atom is -0.264 e. The second-order valence-electron chi connectivity index (χ2n) is 6.93.